The lowest BCUT2D eigenvalue weighted by Crippen LogP contribution is -2.13. The molecule has 3 aromatic rings. The van der Waals surface area contributed by atoms with Crippen LogP contribution in [-0.2, 0) is 6.18 Å². The van der Waals surface area contributed by atoms with Crippen molar-refractivity contribution < 1.29 is 13.2 Å². The highest BCUT2D eigenvalue weighted by molar-refractivity contribution is 5.59. The first kappa shape index (κ1) is 14.1. The van der Waals surface area contributed by atoms with E-state index in [4.69, 9.17) is 5.73 Å². The summed E-state index contributed by atoms with van der Waals surface area (Å²) in [4.78, 5) is 7.69. The third-order valence-electron chi connectivity index (χ3n) is 2.97. The zero-order chi connectivity index (χ0) is 15.7. The summed E-state index contributed by atoms with van der Waals surface area (Å²) < 4.78 is 40.5. The maximum absolute atomic E-state index is 13.2. The van der Waals surface area contributed by atoms with E-state index in [-0.39, 0.29) is 17.2 Å². The van der Waals surface area contributed by atoms with Crippen molar-refractivity contribution in [2.75, 3.05) is 5.73 Å². The van der Waals surface area contributed by atoms with Crippen LogP contribution >= 0.6 is 0 Å². The molecule has 5 nitrogen and oxygen atoms in total. The number of hydrogen-bond acceptors (Lipinski definition) is 4. The third kappa shape index (κ3) is 2.62. The molecule has 0 atom stereocenters. The zero-order valence-corrected chi connectivity index (χ0v) is 11.1. The molecule has 0 aromatic carbocycles. The van der Waals surface area contributed by atoms with E-state index >= 15 is 0 Å². The Labute approximate surface area is 123 Å². The topological polar surface area (TPSA) is 69.6 Å². The van der Waals surface area contributed by atoms with Gasteiger partial charge in [-0.05, 0) is 30.3 Å². The molecule has 0 fully saturated rings. The quantitative estimate of drug-likeness (QED) is 0.790. The van der Waals surface area contributed by atoms with Gasteiger partial charge in [0.05, 0.1) is 17.6 Å². The summed E-state index contributed by atoms with van der Waals surface area (Å²) in [6, 6.07) is 7.10. The second-order valence-electron chi connectivity index (χ2n) is 4.51. The van der Waals surface area contributed by atoms with Gasteiger partial charge in [0.25, 0.3) is 0 Å². The second-order valence-corrected chi connectivity index (χ2v) is 4.51. The van der Waals surface area contributed by atoms with Crippen LogP contribution in [0.15, 0.2) is 48.9 Å². The Bertz CT molecular complexity index is 778. The normalized spacial score (nSPS) is 11.6. The van der Waals surface area contributed by atoms with Crippen LogP contribution in [0.25, 0.3) is 16.9 Å². The fourth-order valence-corrected chi connectivity index (χ4v) is 1.96. The number of rotatable bonds is 2. The van der Waals surface area contributed by atoms with E-state index in [2.05, 4.69) is 15.1 Å². The van der Waals surface area contributed by atoms with Gasteiger partial charge < -0.3 is 5.73 Å². The molecule has 0 bridgehead atoms. The monoisotopic (exact) mass is 305 g/mol. The van der Waals surface area contributed by atoms with Crippen LogP contribution in [0, 0.1) is 0 Å². The van der Waals surface area contributed by atoms with E-state index in [1.807, 2.05) is 0 Å². The zero-order valence-electron chi connectivity index (χ0n) is 11.1. The molecule has 0 amide bonds. The number of anilines is 1. The summed E-state index contributed by atoms with van der Waals surface area (Å²) in [5.41, 5.74) is 5.41. The van der Waals surface area contributed by atoms with Crippen LogP contribution in [0.5, 0.6) is 0 Å². The van der Waals surface area contributed by atoms with Gasteiger partial charge in [0.2, 0.25) is 0 Å². The van der Waals surface area contributed by atoms with Crippen molar-refractivity contribution in [1.82, 2.24) is 19.7 Å². The van der Waals surface area contributed by atoms with Gasteiger partial charge in [-0.2, -0.15) is 18.3 Å². The van der Waals surface area contributed by atoms with E-state index < -0.39 is 11.9 Å². The molecule has 0 unspecified atom stereocenters. The van der Waals surface area contributed by atoms with Gasteiger partial charge >= 0.3 is 6.18 Å². The Morgan fingerprint density at radius 3 is 2.50 bits per heavy atom. The van der Waals surface area contributed by atoms with Crippen molar-refractivity contribution in [3.05, 3.63) is 54.6 Å². The van der Waals surface area contributed by atoms with Gasteiger partial charge in [-0.25, -0.2) is 9.67 Å². The standard InChI is InChI=1S/C14H10F3N5/c15-14(16,17)12-6-11(9-2-1-5-19-7-9)21-22(12)10-3-4-13(18)20-8-10/h1-8H,(H2,18,20). The first-order valence-electron chi connectivity index (χ1n) is 6.25. The SMILES string of the molecule is Nc1ccc(-n2nc(-c3cccnc3)cc2C(F)(F)F)cn1. The van der Waals surface area contributed by atoms with Gasteiger partial charge in [0, 0.05) is 18.0 Å². The summed E-state index contributed by atoms with van der Waals surface area (Å²) in [6.07, 6.45) is -0.317. The molecule has 3 aromatic heterocycles. The number of nitrogen functional groups attached to an aromatic ring is 1. The summed E-state index contributed by atoms with van der Waals surface area (Å²) >= 11 is 0. The number of alkyl halides is 3. The molecule has 2 N–H and O–H groups in total. The average Bonchev–Trinajstić information content (AvgIpc) is 2.94. The molecule has 8 heteroatoms. The van der Waals surface area contributed by atoms with Gasteiger partial charge in [-0.3, -0.25) is 4.98 Å². The number of hydrogen-bond donors (Lipinski definition) is 1. The number of nitrogens with two attached hydrogens (primary N) is 1. The summed E-state index contributed by atoms with van der Waals surface area (Å²) in [6.45, 7) is 0. The predicted molar refractivity (Wildman–Crippen MR) is 74.0 cm³/mol. The smallest absolute Gasteiger partial charge is 0.384 e. The van der Waals surface area contributed by atoms with Crippen molar-refractivity contribution in [2.45, 2.75) is 6.18 Å². The lowest BCUT2D eigenvalue weighted by atomic mass is 10.2. The van der Waals surface area contributed by atoms with E-state index in [1.165, 1.54) is 30.7 Å². The minimum absolute atomic E-state index is 0.177. The van der Waals surface area contributed by atoms with Gasteiger partial charge in [-0.15, -0.1) is 0 Å². The predicted octanol–water partition coefficient (Wildman–Crippen LogP) is 2.93. The van der Waals surface area contributed by atoms with Crippen molar-refractivity contribution in [1.29, 1.82) is 0 Å². The Balaban J connectivity index is 2.16. The molecule has 22 heavy (non-hydrogen) atoms. The first-order chi connectivity index (χ1) is 10.4. The van der Waals surface area contributed by atoms with Gasteiger partial charge in [0.1, 0.15) is 11.5 Å². The lowest BCUT2D eigenvalue weighted by Gasteiger charge is -2.09. The number of aromatic nitrogens is 4. The van der Waals surface area contributed by atoms with Crippen LogP contribution in [0.4, 0.5) is 19.0 Å². The van der Waals surface area contributed by atoms with Crippen LogP contribution in [-0.4, -0.2) is 19.7 Å². The molecule has 3 rings (SSSR count). The summed E-state index contributed by atoms with van der Waals surface area (Å²) in [7, 11) is 0. The lowest BCUT2D eigenvalue weighted by molar-refractivity contribution is -0.142. The third-order valence-corrected chi connectivity index (χ3v) is 2.97. The Morgan fingerprint density at radius 2 is 1.91 bits per heavy atom. The van der Waals surface area contributed by atoms with Crippen molar-refractivity contribution in [3.63, 3.8) is 0 Å². The molecule has 0 aliphatic heterocycles. The molecule has 0 aliphatic carbocycles. The number of halogens is 3. The van der Waals surface area contributed by atoms with Crippen LogP contribution in [0.3, 0.4) is 0 Å². The highest BCUT2D eigenvalue weighted by Crippen LogP contribution is 2.33. The first-order valence-corrected chi connectivity index (χ1v) is 6.25. The summed E-state index contributed by atoms with van der Waals surface area (Å²) in [5, 5.41) is 4.02. The Hall–Kier alpha value is -2.90. The minimum Gasteiger partial charge on any atom is -0.384 e. The molecule has 0 saturated carbocycles. The molecule has 0 saturated heterocycles. The summed E-state index contributed by atoms with van der Waals surface area (Å²) in [5.74, 6) is 0.219. The molecular formula is C14H10F3N5. The Kier molecular flexibility index (Phi) is 3.28. The molecule has 3 heterocycles. The van der Waals surface area contributed by atoms with Crippen LogP contribution in [0.2, 0.25) is 0 Å². The molecule has 0 radical (unpaired) electrons. The fourth-order valence-electron chi connectivity index (χ4n) is 1.96. The average molecular weight is 305 g/mol. The largest absolute Gasteiger partial charge is 0.433 e. The second kappa shape index (κ2) is 5.14. The molecule has 0 spiro atoms. The number of nitrogens with zero attached hydrogens (tertiary/aromatic N) is 4. The van der Waals surface area contributed by atoms with Crippen molar-refractivity contribution >= 4 is 5.82 Å². The van der Waals surface area contributed by atoms with Gasteiger partial charge in [-0.1, -0.05) is 0 Å². The highest BCUT2D eigenvalue weighted by Gasteiger charge is 2.36. The van der Waals surface area contributed by atoms with Crippen molar-refractivity contribution in [2.24, 2.45) is 0 Å². The maximum Gasteiger partial charge on any atom is 0.433 e. The highest BCUT2D eigenvalue weighted by atomic mass is 19.4. The Morgan fingerprint density at radius 1 is 1.09 bits per heavy atom. The van der Waals surface area contributed by atoms with E-state index in [1.54, 1.807) is 12.1 Å². The van der Waals surface area contributed by atoms with E-state index in [9.17, 15) is 13.2 Å². The molecule has 112 valence electrons. The van der Waals surface area contributed by atoms with Crippen LogP contribution < -0.4 is 5.73 Å². The fraction of sp³-hybridized carbons (Fsp3) is 0.0714. The molecular weight excluding hydrogens is 295 g/mol. The minimum atomic E-state index is -4.55. The molecule has 0 aliphatic rings. The van der Waals surface area contributed by atoms with E-state index in [0.717, 1.165) is 10.7 Å². The van der Waals surface area contributed by atoms with Crippen molar-refractivity contribution in [3.8, 4) is 16.9 Å². The maximum atomic E-state index is 13.2. The van der Waals surface area contributed by atoms with E-state index in [0.29, 0.717) is 5.56 Å². The van der Waals surface area contributed by atoms with Crippen LogP contribution in [0.1, 0.15) is 5.69 Å². The number of pyridine rings is 2. The van der Waals surface area contributed by atoms with Gasteiger partial charge in [0.15, 0.2) is 0 Å².